The molecule has 1 atom stereocenters. The minimum Gasteiger partial charge on any atom is -0.477 e. The predicted molar refractivity (Wildman–Crippen MR) is 112 cm³/mol. The molecular weight excluding hydrogens is 422 g/mol. The summed E-state index contributed by atoms with van der Waals surface area (Å²) in [6.45, 7) is 0.503. The molecule has 0 radical (unpaired) electrons. The Hall–Kier alpha value is -3.49. The van der Waals surface area contributed by atoms with Crippen molar-refractivity contribution in [3.8, 4) is 11.1 Å². The molecule has 3 N–H and O–H groups in total. The number of carbonyl (C=O) groups excluding carboxylic acids is 2. The van der Waals surface area contributed by atoms with Crippen molar-refractivity contribution in [2.45, 2.75) is 37.6 Å². The van der Waals surface area contributed by atoms with Crippen LogP contribution in [0.3, 0.4) is 0 Å². The van der Waals surface area contributed by atoms with E-state index in [1.54, 1.807) is 6.92 Å². The number of nitrogens with one attached hydrogen (secondary N) is 2. The number of ether oxygens (including phenoxy) is 1. The maximum absolute atomic E-state index is 13.1. The average Bonchev–Trinajstić information content (AvgIpc) is 3.09. The van der Waals surface area contributed by atoms with Crippen LogP contribution in [0.15, 0.2) is 48.5 Å². The van der Waals surface area contributed by atoms with Crippen molar-refractivity contribution < 1.29 is 33.0 Å². The molecule has 2 amide bonds. The van der Waals surface area contributed by atoms with E-state index in [-0.39, 0.29) is 18.9 Å². The summed E-state index contributed by atoms with van der Waals surface area (Å²) in [6.07, 6.45) is -0.647. The third-order valence-corrected chi connectivity index (χ3v) is 5.41. The summed E-state index contributed by atoms with van der Waals surface area (Å²) in [6, 6.07) is 15.1. The Morgan fingerprint density at radius 2 is 1.62 bits per heavy atom. The lowest BCUT2D eigenvalue weighted by Gasteiger charge is -2.19. The van der Waals surface area contributed by atoms with Gasteiger partial charge in [0.1, 0.15) is 6.61 Å². The van der Waals surface area contributed by atoms with E-state index in [9.17, 15) is 23.2 Å². The van der Waals surface area contributed by atoms with Gasteiger partial charge in [-0.2, -0.15) is 8.78 Å². The van der Waals surface area contributed by atoms with Gasteiger partial charge in [0.15, 0.2) is 0 Å². The van der Waals surface area contributed by atoms with Gasteiger partial charge >= 0.3 is 18.0 Å². The second kappa shape index (κ2) is 9.76. The van der Waals surface area contributed by atoms with Crippen molar-refractivity contribution in [1.29, 1.82) is 0 Å². The lowest BCUT2D eigenvalue weighted by molar-refractivity contribution is -0.164. The zero-order valence-electron chi connectivity index (χ0n) is 17.4. The van der Waals surface area contributed by atoms with Gasteiger partial charge in [0.25, 0.3) is 0 Å². The standard InChI is InChI=1S/C23H24F2N2O5/c1-2-14(11-20(28)26-13-23(24,25)21(29)30)27-22(31)32-12-19-17-9-5-3-7-15(17)16-8-4-6-10-18(16)19/h3-10,14,19H,2,11-13H2,1H3,(H,26,28)(H,27,31)(H,29,30)/t14-/m0/s1. The smallest absolute Gasteiger partial charge is 0.407 e. The monoisotopic (exact) mass is 446 g/mol. The van der Waals surface area contributed by atoms with E-state index in [0.717, 1.165) is 22.3 Å². The lowest BCUT2D eigenvalue weighted by Crippen LogP contribution is -2.44. The number of carbonyl (C=O) groups is 3. The fourth-order valence-electron chi connectivity index (χ4n) is 3.69. The van der Waals surface area contributed by atoms with Crippen LogP contribution in [0.2, 0.25) is 0 Å². The van der Waals surface area contributed by atoms with Gasteiger partial charge in [-0.25, -0.2) is 9.59 Å². The highest BCUT2D eigenvalue weighted by atomic mass is 19.3. The van der Waals surface area contributed by atoms with Gasteiger partial charge in [0.2, 0.25) is 5.91 Å². The molecule has 1 aliphatic rings. The van der Waals surface area contributed by atoms with E-state index >= 15 is 0 Å². The molecule has 7 nitrogen and oxygen atoms in total. The summed E-state index contributed by atoms with van der Waals surface area (Å²) < 4.78 is 31.6. The Kier molecular flexibility index (Phi) is 7.07. The van der Waals surface area contributed by atoms with Gasteiger partial charge in [-0.1, -0.05) is 55.5 Å². The van der Waals surface area contributed by atoms with E-state index in [0.29, 0.717) is 6.42 Å². The van der Waals surface area contributed by atoms with Gasteiger partial charge in [-0.15, -0.1) is 0 Å². The molecule has 0 fully saturated rings. The van der Waals surface area contributed by atoms with Gasteiger partial charge in [0, 0.05) is 18.4 Å². The number of alkyl halides is 2. The number of aliphatic carboxylic acids is 1. The summed E-state index contributed by atoms with van der Waals surface area (Å²) in [5, 5.41) is 12.8. The number of carboxylic acid groups (broad SMARTS) is 1. The molecule has 170 valence electrons. The van der Waals surface area contributed by atoms with Crippen molar-refractivity contribution in [3.63, 3.8) is 0 Å². The third kappa shape index (κ3) is 5.22. The quantitative estimate of drug-likeness (QED) is 0.547. The molecule has 0 unspecified atom stereocenters. The number of rotatable bonds is 9. The van der Waals surface area contributed by atoms with Gasteiger partial charge in [0.05, 0.1) is 6.54 Å². The Labute approximate surface area is 183 Å². The molecule has 0 saturated heterocycles. The van der Waals surface area contributed by atoms with Crippen LogP contribution in [-0.2, 0) is 14.3 Å². The molecule has 2 aromatic carbocycles. The predicted octanol–water partition coefficient (Wildman–Crippen LogP) is 3.53. The molecule has 0 spiro atoms. The first-order chi connectivity index (χ1) is 15.2. The summed E-state index contributed by atoms with van der Waals surface area (Å²) in [5.41, 5.74) is 4.32. The number of carboxylic acids is 1. The minimum absolute atomic E-state index is 0.104. The highest BCUT2D eigenvalue weighted by Gasteiger charge is 2.39. The number of hydrogen-bond donors (Lipinski definition) is 3. The minimum atomic E-state index is -4.06. The third-order valence-electron chi connectivity index (χ3n) is 5.41. The zero-order chi connectivity index (χ0) is 23.3. The van der Waals surface area contributed by atoms with Crippen LogP contribution in [0.4, 0.5) is 13.6 Å². The Balaban J connectivity index is 1.54. The van der Waals surface area contributed by atoms with Crippen molar-refractivity contribution in [2.75, 3.05) is 13.2 Å². The molecule has 32 heavy (non-hydrogen) atoms. The first-order valence-electron chi connectivity index (χ1n) is 10.2. The highest BCUT2D eigenvalue weighted by Crippen LogP contribution is 2.44. The first-order valence-corrected chi connectivity index (χ1v) is 10.2. The van der Waals surface area contributed by atoms with E-state index in [4.69, 9.17) is 9.84 Å². The molecule has 9 heteroatoms. The van der Waals surface area contributed by atoms with Gasteiger partial charge < -0.3 is 20.5 Å². The fraction of sp³-hybridized carbons (Fsp3) is 0.348. The summed E-state index contributed by atoms with van der Waals surface area (Å²) in [4.78, 5) is 34.6. The Bertz CT molecular complexity index is 966. The first kappa shape index (κ1) is 23.2. The maximum Gasteiger partial charge on any atom is 0.407 e. The number of fused-ring (bicyclic) bond motifs is 3. The lowest BCUT2D eigenvalue weighted by atomic mass is 9.98. The van der Waals surface area contributed by atoms with Gasteiger partial charge in [-0.3, -0.25) is 4.79 Å². The molecule has 0 bridgehead atoms. The van der Waals surface area contributed by atoms with Crippen LogP contribution in [0.25, 0.3) is 11.1 Å². The van der Waals surface area contributed by atoms with E-state index in [1.165, 1.54) is 0 Å². The average molecular weight is 446 g/mol. The molecule has 3 rings (SSSR count). The number of halogens is 2. The van der Waals surface area contributed by atoms with Crippen LogP contribution in [0.1, 0.15) is 36.8 Å². The molecule has 0 aliphatic heterocycles. The largest absolute Gasteiger partial charge is 0.477 e. The molecule has 1 aliphatic carbocycles. The van der Waals surface area contributed by atoms with Crippen LogP contribution in [0.5, 0.6) is 0 Å². The number of amides is 2. The van der Waals surface area contributed by atoms with Crippen molar-refractivity contribution >= 4 is 18.0 Å². The van der Waals surface area contributed by atoms with Crippen LogP contribution in [0, 0.1) is 0 Å². The number of hydrogen-bond acceptors (Lipinski definition) is 4. The van der Waals surface area contributed by atoms with E-state index < -0.39 is 36.5 Å². The zero-order valence-corrected chi connectivity index (χ0v) is 17.4. The van der Waals surface area contributed by atoms with Crippen LogP contribution >= 0.6 is 0 Å². The van der Waals surface area contributed by atoms with Crippen molar-refractivity contribution in [2.24, 2.45) is 0 Å². The van der Waals surface area contributed by atoms with Gasteiger partial charge in [-0.05, 0) is 28.7 Å². The molecule has 0 aromatic heterocycles. The molecule has 2 aromatic rings. The summed E-state index contributed by atoms with van der Waals surface area (Å²) in [7, 11) is 0. The number of alkyl carbamates (subject to hydrolysis) is 1. The Morgan fingerprint density at radius 1 is 1.06 bits per heavy atom. The topological polar surface area (TPSA) is 105 Å². The second-order valence-corrected chi connectivity index (χ2v) is 7.57. The molecule has 0 saturated carbocycles. The van der Waals surface area contributed by atoms with Crippen molar-refractivity contribution in [1.82, 2.24) is 10.6 Å². The Morgan fingerprint density at radius 3 is 2.16 bits per heavy atom. The number of benzene rings is 2. The normalized spacial score (nSPS) is 13.6. The second-order valence-electron chi connectivity index (χ2n) is 7.57. The SMILES string of the molecule is CC[C@@H](CC(=O)NCC(F)(F)C(=O)O)NC(=O)OCC1c2ccccc2-c2ccccc21. The fourth-order valence-corrected chi connectivity index (χ4v) is 3.69. The maximum atomic E-state index is 13.1. The summed E-state index contributed by atoms with van der Waals surface area (Å²) in [5.74, 6) is -7.29. The van der Waals surface area contributed by atoms with Crippen LogP contribution < -0.4 is 10.6 Å². The molecular formula is C23H24F2N2O5. The highest BCUT2D eigenvalue weighted by molar-refractivity contribution is 5.81. The van der Waals surface area contributed by atoms with E-state index in [2.05, 4.69) is 5.32 Å². The van der Waals surface area contributed by atoms with Crippen LogP contribution in [-0.4, -0.2) is 48.2 Å². The van der Waals surface area contributed by atoms with E-state index in [1.807, 2.05) is 53.8 Å². The van der Waals surface area contributed by atoms with Crippen molar-refractivity contribution in [3.05, 3.63) is 59.7 Å². The summed E-state index contributed by atoms with van der Waals surface area (Å²) >= 11 is 0. The molecule has 0 heterocycles.